The molecule has 6 heteroatoms. The Bertz CT molecular complexity index is 927. The first-order valence-corrected chi connectivity index (χ1v) is 9.69. The van der Waals surface area contributed by atoms with Gasteiger partial charge < -0.3 is 10.3 Å². The number of hydrogen-bond donors (Lipinski definition) is 2. The van der Waals surface area contributed by atoms with Gasteiger partial charge in [-0.15, -0.1) is 0 Å². The summed E-state index contributed by atoms with van der Waals surface area (Å²) in [5, 5.41) is 3.68. The van der Waals surface area contributed by atoms with E-state index in [4.69, 9.17) is 11.6 Å². The molecule has 27 heavy (non-hydrogen) atoms. The minimum atomic E-state index is 0.0373. The highest BCUT2D eigenvalue weighted by molar-refractivity contribution is 6.31. The van der Waals surface area contributed by atoms with Crippen LogP contribution in [0.2, 0.25) is 5.02 Å². The summed E-state index contributed by atoms with van der Waals surface area (Å²) >= 11 is 6.04. The van der Waals surface area contributed by atoms with Crippen LogP contribution < -0.4 is 5.32 Å². The van der Waals surface area contributed by atoms with Gasteiger partial charge in [-0.1, -0.05) is 29.8 Å². The standard InChI is InChI=1S/C21H23ClN4O/c1-14-6-7-16(22)12-19(14)25-21(27)15-8-10-26(11-9-15)13-20-23-17-4-2-3-5-18(17)24-20/h2-7,12,15H,8-11,13H2,1H3,(H,23,24)(H,25,27). The highest BCUT2D eigenvalue weighted by Gasteiger charge is 2.25. The third-order valence-electron chi connectivity index (χ3n) is 5.23. The van der Waals surface area contributed by atoms with E-state index < -0.39 is 0 Å². The van der Waals surface area contributed by atoms with Crippen LogP contribution in [0.1, 0.15) is 24.2 Å². The van der Waals surface area contributed by atoms with Crippen LogP contribution in [0.4, 0.5) is 5.69 Å². The predicted molar refractivity (Wildman–Crippen MR) is 109 cm³/mol. The Morgan fingerprint density at radius 2 is 2.04 bits per heavy atom. The van der Waals surface area contributed by atoms with E-state index in [9.17, 15) is 4.79 Å². The number of hydrogen-bond acceptors (Lipinski definition) is 3. The molecule has 1 aliphatic rings. The fourth-order valence-corrected chi connectivity index (χ4v) is 3.78. The summed E-state index contributed by atoms with van der Waals surface area (Å²) in [6, 6.07) is 13.6. The largest absolute Gasteiger partial charge is 0.341 e. The zero-order chi connectivity index (χ0) is 18.8. The zero-order valence-corrected chi connectivity index (χ0v) is 16.1. The van der Waals surface area contributed by atoms with Gasteiger partial charge in [0.15, 0.2) is 0 Å². The van der Waals surface area contributed by atoms with Crippen molar-refractivity contribution in [2.75, 3.05) is 18.4 Å². The Hall–Kier alpha value is -2.37. The van der Waals surface area contributed by atoms with Crippen LogP contribution in [0, 0.1) is 12.8 Å². The molecule has 0 bridgehead atoms. The number of imidazole rings is 1. The Morgan fingerprint density at radius 1 is 1.26 bits per heavy atom. The molecule has 0 unspecified atom stereocenters. The van der Waals surface area contributed by atoms with Crippen molar-refractivity contribution in [3.63, 3.8) is 0 Å². The molecule has 1 aliphatic heterocycles. The summed E-state index contributed by atoms with van der Waals surface area (Å²) in [6.07, 6.45) is 1.71. The first-order valence-electron chi connectivity index (χ1n) is 9.31. The Labute approximate surface area is 163 Å². The van der Waals surface area contributed by atoms with Crippen molar-refractivity contribution in [1.82, 2.24) is 14.9 Å². The van der Waals surface area contributed by atoms with Crippen molar-refractivity contribution < 1.29 is 4.79 Å². The maximum atomic E-state index is 12.6. The van der Waals surface area contributed by atoms with E-state index in [0.717, 1.165) is 60.6 Å². The number of nitrogens with one attached hydrogen (secondary N) is 2. The van der Waals surface area contributed by atoms with Crippen molar-refractivity contribution in [1.29, 1.82) is 0 Å². The number of amides is 1. The summed E-state index contributed by atoms with van der Waals surface area (Å²) in [5.74, 6) is 1.10. The lowest BCUT2D eigenvalue weighted by Crippen LogP contribution is -2.38. The quantitative estimate of drug-likeness (QED) is 0.704. The van der Waals surface area contributed by atoms with Crippen LogP contribution in [-0.2, 0) is 11.3 Å². The number of H-pyrrole nitrogens is 1. The minimum Gasteiger partial charge on any atom is -0.341 e. The van der Waals surface area contributed by atoms with Gasteiger partial charge in [0, 0.05) is 16.6 Å². The number of likely N-dealkylation sites (tertiary alicyclic amines) is 1. The molecule has 3 aromatic rings. The number of fused-ring (bicyclic) bond motifs is 1. The van der Waals surface area contributed by atoms with Crippen LogP contribution in [0.25, 0.3) is 11.0 Å². The number of carbonyl (C=O) groups is 1. The van der Waals surface area contributed by atoms with Gasteiger partial charge in [-0.3, -0.25) is 9.69 Å². The molecule has 140 valence electrons. The Balaban J connectivity index is 1.33. The number of aromatic nitrogens is 2. The molecule has 2 heterocycles. The second-order valence-corrected chi connectivity index (χ2v) is 7.64. The molecule has 0 atom stereocenters. The summed E-state index contributed by atoms with van der Waals surface area (Å²) in [5.41, 5.74) is 3.89. The lowest BCUT2D eigenvalue weighted by Gasteiger charge is -2.30. The van der Waals surface area contributed by atoms with Gasteiger partial charge in [0.25, 0.3) is 0 Å². The van der Waals surface area contributed by atoms with Crippen molar-refractivity contribution in [3.8, 4) is 0 Å². The third-order valence-corrected chi connectivity index (χ3v) is 5.46. The van der Waals surface area contributed by atoms with E-state index in [1.807, 2.05) is 49.4 Å². The molecule has 1 aromatic heterocycles. The molecular weight excluding hydrogens is 360 g/mol. The fraction of sp³-hybridized carbons (Fsp3) is 0.333. The number of piperidine rings is 1. The summed E-state index contributed by atoms with van der Waals surface area (Å²) in [7, 11) is 0. The van der Waals surface area contributed by atoms with Crippen LogP contribution in [-0.4, -0.2) is 33.9 Å². The number of aromatic amines is 1. The van der Waals surface area contributed by atoms with E-state index in [0.29, 0.717) is 5.02 Å². The molecule has 0 spiro atoms. The number of rotatable bonds is 4. The first-order chi connectivity index (χ1) is 13.1. The number of aryl methyl sites for hydroxylation is 1. The maximum Gasteiger partial charge on any atom is 0.227 e. The van der Waals surface area contributed by atoms with Crippen LogP contribution >= 0.6 is 11.6 Å². The average molecular weight is 383 g/mol. The van der Waals surface area contributed by atoms with Gasteiger partial charge in [-0.05, 0) is 62.7 Å². The maximum absolute atomic E-state index is 12.6. The number of nitrogens with zero attached hydrogens (tertiary/aromatic N) is 2. The van der Waals surface area contributed by atoms with Gasteiger partial charge in [0.05, 0.1) is 17.6 Å². The molecule has 0 aliphatic carbocycles. The number of halogens is 1. The normalized spacial score (nSPS) is 15.9. The summed E-state index contributed by atoms with van der Waals surface area (Å²) in [4.78, 5) is 23.0. The molecule has 1 amide bonds. The Morgan fingerprint density at radius 3 is 2.81 bits per heavy atom. The van der Waals surface area contributed by atoms with Gasteiger partial charge in [-0.25, -0.2) is 4.98 Å². The number of para-hydroxylation sites is 2. The van der Waals surface area contributed by atoms with E-state index in [1.165, 1.54) is 0 Å². The fourth-order valence-electron chi connectivity index (χ4n) is 3.61. The second kappa shape index (κ2) is 7.71. The molecule has 0 saturated carbocycles. The predicted octanol–water partition coefficient (Wildman–Crippen LogP) is 4.38. The lowest BCUT2D eigenvalue weighted by atomic mass is 9.95. The van der Waals surface area contributed by atoms with Gasteiger partial charge in [0.2, 0.25) is 5.91 Å². The van der Waals surface area contributed by atoms with Crippen LogP contribution in [0.15, 0.2) is 42.5 Å². The zero-order valence-electron chi connectivity index (χ0n) is 15.3. The van der Waals surface area contributed by atoms with Gasteiger partial charge >= 0.3 is 0 Å². The lowest BCUT2D eigenvalue weighted by molar-refractivity contribution is -0.121. The number of carbonyl (C=O) groups excluding carboxylic acids is 1. The molecule has 0 radical (unpaired) electrons. The van der Waals surface area contributed by atoms with Crippen LogP contribution in [0.3, 0.4) is 0 Å². The van der Waals surface area contributed by atoms with Crippen LogP contribution in [0.5, 0.6) is 0 Å². The Kier molecular flexibility index (Phi) is 5.14. The highest BCUT2D eigenvalue weighted by atomic mass is 35.5. The highest BCUT2D eigenvalue weighted by Crippen LogP contribution is 2.24. The molecule has 2 aromatic carbocycles. The van der Waals surface area contributed by atoms with E-state index in [-0.39, 0.29) is 11.8 Å². The molecule has 2 N–H and O–H groups in total. The van der Waals surface area contributed by atoms with E-state index in [1.54, 1.807) is 0 Å². The molecule has 1 fully saturated rings. The molecule has 5 nitrogen and oxygen atoms in total. The second-order valence-electron chi connectivity index (χ2n) is 7.20. The molecule has 1 saturated heterocycles. The number of anilines is 1. The van der Waals surface area contributed by atoms with E-state index >= 15 is 0 Å². The smallest absolute Gasteiger partial charge is 0.227 e. The average Bonchev–Trinajstić information content (AvgIpc) is 3.07. The summed E-state index contributed by atoms with van der Waals surface area (Å²) in [6.45, 7) is 4.55. The topological polar surface area (TPSA) is 61.0 Å². The number of benzene rings is 2. The first kappa shape index (κ1) is 18.0. The monoisotopic (exact) mass is 382 g/mol. The summed E-state index contributed by atoms with van der Waals surface area (Å²) < 4.78 is 0. The van der Waals surface area contributed by atoms with Crippen molar-refractivity contribution in [3.05, 3.63) is 58.9 Å². The van der Waals surface area contributed by atoms with Crippen molar-refractivity contribution in [2.24, 2.45) is 5.92 Å². The molecule has 4 rings (SSSR count). The van der Waals surface area contributed by atoms with Gasteiger partial charge in [-0.2, -0.15) is 0 Å². The minimum absolute atomic E-state index is 0.0373. The van der Waals surface area contributed by atoms with Crippen molar-refractivity contribution in [2.45, 2.75) is 26.3 Å². The van der Waals surface area contributed by atoms with E-state index in [2.05, 4.69) is 20.2 Å². The SMILES string of the molecule is Cc1ccc(Cl)cc1NC(=O)C1CCN(Cc2nc3ccccc3[nH]2)CC1. The van der Waals surface area contributed by atoms with Crippen molar-refractivity contribution >= 4 is 34.2 Å². The molecular formula is C21H23ClN4O. The van der Waals surface area contributed by atoms with Gasteiger partial charge in [0.1, 0.15) is 5.82 Å². The third kappa shape index (κ3) is 4.15.